The number of thiazole rings is 1. The molecule has 0 aliphatic carbocycles. The molecular weight excluding hydrogens is 409 g/mol. The van der Waals surface area contributed by atoms with Crippen LogP contribution in [0, 0.1) is 22.9 Å². The van der Waals surface area contributed by atoms with Gasteiger partial charge in [0.2, 0.25) is 11.0 Å². The highest BCUT2D eigenvalue weighted by Gasteiger charge is 2.14. The number of nitro benzene ring substituents is 1. The summed E-state index contributed by atoms with van der Waals surface area (Å²) in [5.41, 5.74) is 1.94. The molecule has 2 heterocycles. The van der Waals surface area contributed by atoms with Crippen LogP contribution in [-0.2, 0) is 4.79 Å². The minimum absolute atomic E-state index is 0.0216. The van der Waals surface area contributed by atoms with E-state index in [9.17, 15) is 19.3 Å². The Labute approximate surface area is 173 Å². The second-order valence-corrected chi connectivity index (χ2v) is 7.37. The zero-order valence-corrected chi connectivity index (χ0v) is 16.4. The lowest BCUT2D eigenvalue weighted by Crippen LogP contribution is -2.12. The number of non-ortho nitro benzene ring substituents is 1. The number of aromatic nitrogens is 3. The average Bonchev–Trinajstić information content (AvgIpc) is 3.29. The van der Waals surface area contributed by atoms with Gasteiger partial charge in [-0.2, -0.15) is 9.78 Å². The number of fused-ring (bicyclic) bond motifs is 1. The smallest absolute Gasteiger partial charge is 0.269 e. The molecule has 1 N–H and O–H groups in total. The number of nitro groups is 1. The standard InChI is InChI=1S/C20H14FN5O3S/c1-12-10-18(23-19(27)9-4-13-2-6-15(7-3-13)26(28)29)25(24-12)20-22-16-8-5-14(21)11-17(16)30-20/h2-11H,1H3,(H,23,27)/b9-4+. The molecule has 0 fully saturated rings. The molecule has 0 radical (unpaired) electrons. The van der Waals surface area contributed by atoms with Crippen molar-refractivity contribution < 1.29 is 14.1 Å². The van der Waals surface area contributed by atoms with Crippen LogP contribution in [0.1, 0.15) is 11.3 Å². The van der Waals surface area contributed by atoms with Gasteiger partial charge < -0.3 is 5.32 Å². The molecule has 0 aliphatic rings. The summed E-state index contributed by atoms with van der Waals surface area (Å²) in [7, 11) is 0. The van der Waals surface area contributed by atoms with Crippen molar-refractivity contribution in [3.8, 4) is 5.13 Å². The first-order valence-corrected chi connectivity index (χ1v) is 9.57. The number of halogens is 1. The minimum Gasteiger partial charge on any atom is -0.307 e. The molecule has 0 saturated carbocycles. The second-order valence-electron chi connectivity index (χ2n) is 6.36. The molecule has 0 unspecified atom stereocenters. The van der Waals surface area contributed by atoms with Gasteiger partial charge in [-0.1, -0.05) is 11.3 Å². The lowest BCUT2D eigenvalue weighted by atomic mass is 10.2. The minimum atomic E-state index is -0.486. The van der Waals surface area contributed by atoms with Crippen molar-refractivity contribution in [3.05, 3.63) is 81.8 Å². The van der Waals surface area contributed by atoms with Gasteiger partial charge in [0.05, 0.1) is 20.8 Å². The van der Waals surface area contributed by atoms with Gasteiger partial charge in [-0.3, -0.25) is 14.9 Å². The fourth-order valence-corrected chi connectivity index (χ4v) is 3.71. The summed E-state index contributed by atoms with van der Waals surface area (Å²) in [5.74, 6) is -0.328. The van der Waals surface area contributed by atoms with Crippen LogP contribution >= 0.6 is 11.3 Å². The van der Waals surface area contributed by atoms with Crippen molar-refractivity contribution in [1.82, 2.24) is 14.8 Å². The fraction of sp³-hybridized carbons (Fsp3) is 0.0500. The van der Waals surface area contributed by atoms with E-state index in [4.69, 9.17) is 0 Å². The van der Waals surface area contributed by atoms with Crippen molar-refractivity contribution in [2.24, 2.45) is 0 Å². The predicted molar refractivity (Wildman–Crippen MR) is 112 cm³/mol. The Balaban J connectivity index is 1.54. The highest BCUT2D eigenvalue weighted by molar-refractivity contribution is 7.20. The van der Waals surface area contributed by atoms with Crippen molar-refractivity contribution in [1.29, 1.82) is 0 Å². The van der Waals surface area contributed by atoms with Gasteiger partial charge >= 0.3 is 0 Å². The Morgan fingerprint density at radius 3 is 2.73 bits per heavy atom. The van der Waals surface area contributed by atoms with Gasteiger partial charge in [0.1, 0.15) is 11.6 Å². The van der Waals surface area contributed by atoms with Crippen LogP contribution in [0.15, 0.2) is 54.6 Å². The molecule has 8 nitrogen and oxygen atoms in total. The molecule has 0 spiro atoms. The number of carbonyl (C=O) groups is 1. The summed E-state index contributed by atoms with van der Waals surface area (Å²) in [6.07, 6.45) is 2.87. The third kappa shape index (κ3) is 4.08. The summed E-state index contributed by atoms with van der Waals surface area (Å²) in [5, 5.41) is 18.3. The van der Waals surface area contributed by atoms with Crippen LogP contribution in [-0.4, -0.2) is 25.6 Å². The number of nitrogens with one attached hydrogen (secondary N) is 1. The zero-order chi connectivity index (χ0) is 21.3. The predicted octanol–water partition coefficient (Wildman–Crippen LogP) is 4.49. The van der Waals surface area contributed by atoms with Crippen LogP contribution < -0.4 is 5.32 Å². The number of amides is 1. The van der Waals surface area contributed by atoms with Crippen LogP contribution in [0.25, 0.3) is 21.4 Å². The SMILES string of the molecule is Cc1cc(NC(=O)/C=C/c2ccc([N+](=O)[O-])cc2)n(-c2nc3ccc(F)cc3s2)n1. The Kier molecular flexibility index (Phi) is 5.07. The average molecular weight is 423 g/mol. The van der Waals surface area contributed by atoms with Gasteiger partial charge in [-0.25, -0.2) is 9.37 Å². The first-order chi connectivity index (χ1) is 14.4. The van der Waals surface area contributed by atoms with E-state index >= 15 is 0 Å². The third-order valence-corrected chi connectivity index (χ3v) is 5.13. The molecule has 10 heteroatoms. The van der Waals surface area contributed by atoms with Gasteiger partial charge in [0, 0.05) is 24.3 Å². The molecule has 2 aromatic carbocycles. The number of hydrogen-bond donors (Lipinski definition) is 1. The molecule has 0 saturated heterocycles. The molecule has 0 bridgehead atoms. The number of anilines is 1. The maximum absolute atomic E-state index is 13.4. The van der Waals surface area contributed by atoms with E-state index in [2.05, 4.69) is 15.4 Å². The van der Waals surface area contributed by atoms with E-state index in [-0.39, 0.29) is 11.5 Å². The lowest BCUT2D eigenvalue weighted by Gasteiger charge is -2.04. The van der Waals surface area contributed by atoms with Crippen molar-refractivity contribution in [3.63, 3.8) is 0 Å². The molecule has 0 aliphatic heterocycles. The molecule has 150 valence electrons. The van der Waals surface area contributed by atoms with E-state index in [0.29, 0.717) is 32.4 Å². The Morgan fingerprint density at radius 2 is 2.00 bits per heavy atom. The monoisotopic (exact) mass is 423 g/mol. The highest BCUT2D eigenvalue weighted by Crippen LogP contribution is 2.27. The summed E-state index contributed by atoms with van der Waals surface area (Å²) in [6.45, 7) is 1.78. The second kappa shape index (κ2) is 7.84. The Bertz CT molecular complexity index is 1290. The van der Waals surface area contributed by atoms with Crippen LogP contribution in [0.3, 0.4) is 0 Å². The first-order valence-electron chi connectivity index (χ1n) is 8.76. The molecular formula is C20H14FN5O3S. The van der Waals surface area contributed by atoms with E-state index in [1.807, 2.05) is 0 Å². The molecule has 4 rings (SSSR count). The number of rotatable bonds is 5. The quantitative estimate of drug-likeness (QED) is 0.289. The molecule has 4 aromatic rings. The number of benzene rings is 2. The van der Waals surface area contributed by atoms with Crippen LogP contribution in [0.4, 0.5) is 15.9 Å². The van der Waals surface area contributed by atoms with Crippen molar-refractivity contribution in [2.45, 2.75) is 6.92 Å². The number of hydrogen-bond acceptors (Lipinski definition) is 6. The van der Waals surface area contributed by atoms with Gasteiger partial charge in [-0.05, 0) is 48.9 Å². The summed E-state index contributed by atoms with van der Waals surface area (Å²) >= 11 is 1.26. The van der Waals surface area contributed by atoms with E-state index in [1.165, 1.54) is 46.4 Å². The zero-order valence-electron chi connectivity index (χ0n) is 15.6. The first kappa shape index (κ1) is 19.4. The molecule has 2 aromatic heterocycles. The van der Waals surface area contributed by atoms with Crippen molar-refractivity contribution >= 4 is 45.0 Å². The fourth-order valence-electron chi connectivity index (χ4n) is 2.76. The number of nitrogens with zero attached hydrogens (tertiary/aromatic N) is 4. The van der Waals surface area contributed by atoms with Crippen LogP contribution in [0.5, 0.6) is 0 Å². The summed E-state index contributed by atoms with van der Waals surface area (Å²) in [6, 6.07) is 11.9. The normalized spacial score (nSPS) is 11.3. The third-order valence-electron chi connectivity index (χ3n) is 4.13. The van der Waals surface area contributed by atoms with E-state index in [1.54, 1.807) is 37.3 Å². The number of carbonyl (C=O) groups excluding carboxylic acids is 1. The maximum atomic E-state index is 13.4. The molecule has 0 atom stereocenters. The molecule has 30 heavy (non-hydrogen) atoms. The van der Waals surface area contributed by atoms with E-state index in [0.717, 1.165) is 0 Å². The Hall–Kier alpha value is -3.92. The van der Waals surface area contributed by atoms with Gasteiger partial charge in [-0.15, -0.1) is 0 Å². The van der Waals surface area contributed by atoms with Gasteiger partial charge in [0.15, 0.2) is 0 Å². The van der Waals surface area contributed by atoms with E-state index < -0.39 is 10.8 Å². The maximum Gasteiger partial charge on any atom is 0.269 e. The molecule has 1 amide bonds. The summed E-state index contributed by atoms with van der Waals surface area (Å²) < 4.78 is 15.6. The Morgan fingerprint density at radius 1 is 1.23 bits per heavy atom. The largest absolute Gasteiger partial charge is 0.307 e. The van der Waals surface area contributed by atoms with Crippen LogP contribution in [0.2, 0.25) is 0 Å². The number of aryl methyl sites for hydroxylation is 1. The highest BCUT2D eigenvalue weighted by atomic mass is 32.1. The van der Waals surface area contributed by atoms with Gasteiger partial charge in [0.25, 0.3) is 5.69 Å². The topological polar surface area (TPSA) is 103 Å². The lowest BCUT2D eigenvalue weighted by molar-refractivity contribution is -0.384. The van der Waals surface area contributed by atoms with Crippen molar-refractivity contribution in [2.75, 3.05) is 5.32 Å². The summed E-state index contributed by atoms with van der Waals surface area (Å²) in [4.78, 5) is 27.0.